The van der Waals surface area contributed by atoms with Crippen molar-refractivity contribution in [3.8, 4) is 0 Å². The standard InChI is InChI=1S/C12H18FN5.ClH/c1-4-18-6-5-10(16-18)7-14-8-11-9(2)15-17(3)12(11)13;/h5-6,14H,4,7-8H2,1-3H3;1H. The molecule has 0 saturated heterocycles. The van der Waals surface area contributed by atoms with Gasteiger partial charge in [-0.1, -0.05) is 0 Å². The van der Waals surface area contributed by atoms with Gasteiger partial charge in [-0.3, -0.25) is 4.68 Å². The number of rotatable bonds is 5. The summed E-state index contributed by atoms with van der Waals surface area (Å²) in [5.74, 6) is -0.279. The van der Waals surface area contributed by atoms with E-state index in [1.165, 1.54) is 4.68 Å². The predicted octanol–water partition coefficient (Wildman–Crippen LogP) is 1.80. The third-order valence-electron chi connectivity index (χ3n) is 2.90. The SMILES string of the molecule is CCn1ccc(CNCc2c(C)nn(C)c2F)n1.Cl. The molecular weight excluding hydrogens is 269 g/mol. The van der Waals surface area contributed by atoms with Crippen LogP contribution in [-0.2, 0) is 26.7 Å². The third kappa shape index (κ3) is 3.54. The van der Waals surface area contributed by atoms with Crippen LogP contribution in [0.5, 0.6) is 0 Å². The second-order valence-corrected chi connectivity index (χ2v) is 4.24. The van der Waals surface area contributed by atoms with Crippen LogP contribution in [-0.4, -0.2) is 19.6 Å². The average Bonchev–Trinajstić information content (AvgIpc) is 2.89. The van der Waals surface area contributed by atoms with Gasteiger partial charge in [0.25, 0.3) is 0 Å². The van der Waals surface area contributed by atoms with E-state index in [1.54, 1.807) is 7.05 Å². The maximum Gasteiger partial charge on any atom is 0.215 e. The first kappa shape index (κ1) is 15.7. The van der Waals surface area contributed by atoms with E-state index in [9.17, 15) is 4.39 Å². The normalized spacial score (nSPS) is 10.5. The summed E-state index contributed by atoms with van der Waals surface area (Å²) in [5.41, 5.74) is 2.30. The molecule has 0 spiro atoms. The highest BCUT2D eigenvalue weighted by atomic mass is 35.5. The van der Waals surface area contributed by atoms with Gasteiger partial charge in [0.05, 0.1) is 11.4 Å². The molecule has 1 N–H and O–H groups in total. The Morgan fingerprint density at radius 2 is 2.05 bits per heavy atom. The topological polar surface area (TPSA) is 47.7 Å². The number of hydrogen-bond acceptors (Lipinski definition) is 3. The Labute approximate surface area is 118 Å². The number of aryl methyl sites for hydroxylation is 3. The van der Waals surface area contributed by atoms with Gasteiger partial charge in [-0.2, -0.15) is 14.6 Å². The van der Waals surface area contributed by atoms with Crippen molar-refractivity contribution in [2.75, 3.05) is 0 Å². The van der Waals surface area contributed by atoms with Crippen LogP contribution in [0.1, 0.15) is 23.9 Å². The fourth-order valence-corrected chi connectivity index (χ4v) is 1.86. The van der Waals surface area contributed by atoms with E-state index in [-0.39, 0.29) is 18.4 Å². The van der Waals surface area contributed by atoms with Crippen molar-refractivity contribution in [2.45, 2.75) is 33.5 Å². The number of hydrogen-bond donors (Lipinski definition) is 1. The van der Waals surface area contributed by atoms with Crippen LogP contribution in [0.4, 0.5) is 4.39 Å². The van der Waals surface area contributed by atoms with Crippen molar-refractivity contribution in [1.82, 2.24) is 24.9 Å². The molecule has 0 unspecified atom stereocenters. The molecule has 0 aliphatic carbocycles. The monoisotopic (exact) mass is 287 g/mol. The molecule has 0 amide bonds. The first-order chi connectivity index (χ1) is 8.61. The van der Waals surface area contributed by atoms with Gasteiger partial charge in [-0.15, -0.1) is 12.4 Å². The van der Waals surface area contributed by atoms with Gasteiger partial charge in [0.15, 0.2) is 0 Å². The highest BCUT2D eigenvalue weighted by molar-refractivity contribution is 5.85. The van der Waals surface area contributed by atoms with Gasteiger partial charge in [-0.05, 0) is 19.9 Å². The summed E-state index contributed by atoms with van der Waals surface area (Å²) < 4.78 is 16.8. The number of nitrogens with zero attached hydrogens (tertiary/aromatic N) is 4. The van der Waals surface area contributed by atoms with E-state index in [1.807, 2.05) is 30.8 Å². The van der Waals surface area contributed by atoms with Crippen LogP contribution in [0.2, 0.25) is 0 Å². The Hall–Kier alpha value is -1.40. The molecule has 0 aromatic carbocycles. The van der Waals surface area contributed by atoms with E-state index in [4.69, 9.17) is 0 Å². The molecule has 0 aliphatic rings. The summed E-state index contributed by atoms with van der Waals surface area (Å²) >= 11 is 0. The van der Waals surface area contributed by atoms with E-state index in [0.717, 1.165) is 17.9 Å². The van der Waals surface area contributed by atoms with Crippen molar-refractivity contribution < 1.29 is 4.39 Å². The predicted molar refractivity (Wildman–Crippen MR) is 73.6 cm³/mol. The van der Waals surface area contributed by atoms with Gasteiger partial charge in [-0.25, -0.2) is 4.68 Å². The molecule has 0 bridgehead atoms. The maximum atomic E-state index is 13.6. The van der Waals surface area contributed by atoms with Crippen LogP contribution in [0, 0.1) is 12.9 Å². The Morgan fingerprint density at radius 3 is 2.58 bits per heavy atom. The van der Waals surface area contributed by atoms with Crippen LogP contribution in [0.25, 0.3) is 0 Å². The third-order valence-corrected chi connectivity index (χ3v) is 2.90. The molecule has 0 radical (unpaired) electrons. The first-order valence-corrected chi connectivity index (χ1v) is 6.02. The highest BCUT2D eigenvalue weighted by Gasteiger charge is 2.12. The molecule has 5 nitrogen and oxygen atoms in total. The molecule has 106 valence electrons. The highest BCUT2D eigenvalue weighted by Crippen LogP contribution is 2.10. The van der Waals surface area contributed by atoms with E-state index < -0.39 is 0 Å². The molecule has 2 heterocycles. The summed E-state index contributed by atoms with van der Waals surface area (Å²) in [5, 5.41) is 11.6. The molecule has 0 saturated carbocycles. The van der Waals surface area contributed by atoms with Gasteiger partial charge in [0, 0.05) is 38.4 Å². The van der Waals surface area contributed by atoms with Crippen molar-refractivity contribution in [1.29, 1.82) is 0 Å². The quantitative estimate of drug-likeness (QED) is 0.912. The van der Waals surface area contributed by atoms with Gasteiger partial charge >= 0.3 is 0 Å². The number of aromatic nitrogens is 4. The largest absolute Gasteiger partial charge is 0.307 e. The number of nitrogens with one attached hydrogen (secondary N) is 1. The van der Waals surface area contributed by atoms with Crippen molar-refractivity contribution >= 4 is 12.4 Å². The molecule has 0 aliphatic heterocycles. The minimum Gasteiger partial charge on any atom is -0.307 e. The van der Waals surface area contributed by atoms with E-state index >= 15 is 0 Å². The lowest BCUT2D eigenvalue weighted by atomic mass is 10.2. The lowest BCUT2D eigenvalue weighted by Crippen LogP contribution is -2.15. The zero-order valence-electron chi connectivity index (χ0n) is 11.4. The average molecular weight is 288 g/mol. The van der Waals surface area contributed by atoms with E-state index in [2.05, 4.69) is 15.5 Å². The zero-order valence-corrected chi connectivity index (χ0v) is 12.2. The van der Waals surface area contributed by atoms with E-state index in [0.29, 0.717) is 18.7 Å². The second-order valence-electron chi connectivity index (χ2n) is 4.24. The Kier molecular flexibility index (Phi) is 5.50. The molecule has 2 aromatic rings. The van der Waals surface area contributed by atoms with Gasteiger partial charge in [0.2, 0.25) is 5.95 Å². The molecule has 0 atom stereocenters. The minimum atomic E-state index is -0.279. The fraction of sp³-hybridized carbons (Fsp3) is 0.500. The molecule has 7 heteroatoms. The van der Waals surface area contributed by atoms with Gasteiger partial charge in [0.1, 0.15) is 0 Å². The Morgan fingerprint density at radius 1 is 1.32 bits per heavy atom. The van der Waals surface area contributed by atoms with Crippen molar-refractivity contribution in [3.05, 3.63) is 35.2 Å². The van der Waals surface area contributed by atoms with Crippen molar-refractivity contribution in [2.24, 2.45) is 7.05 Å². The van der Waals surface area contributed by atoms with Crippen molar-refractivity contribution in [3.63, 3.8) is 0 Å². The second kappa shape index (κ2) is 6.68. The molecule has 2 rings (SSSR count). The molecular formula is C12H19ClFN5. The summed E-state index contributed by atoms with van der Waals surface area (Å²) in [7, 11) is 1.61. The van der Waals surface area contributed by atoms with Crippen LogP contribution >= 0.6 is 12.4 Å². The summed E-state index contributed by atoms with van der Waals surface area (Å²) in [6, 6.07) is 1.96. The fourth-order valence-electron chi connectivity index (χ4n) is 1.86. The van der Waals surface area contributed by atoms with Crippen LogP contribution in [0.15, 0.2) is 12.3 Å². The minimum absolute atomic E-state index is 0. The summed E-state index contributed by atoms with van der Waals surface area (Å²) in [6.07, 6.45) is 1.94. The van der Waals surface area contributed by atoms with Crippen LogP contribution < -0.4 is 5.32 Å². The molecule has 19 heavy (non-hydrogen) atoms. The van der Waals surface area contributed by atoms with Crippen LogP contribution in [0.3, 0.4) is 0 Å². The Bertz CT molecular complexity index is 534. The lowest BCUT2D eigenvalue weighted by Gasteiger charge is -2.02. The summed E-state index contributed by atoms with van der Waals surface area (Å²) in [4.78, 5) is 0. The summed E-state index contributed by atoms with van der Waals surface area (Å²) in [6.45, 7) is 5.80. The zero-order chi connectivity index (χ0) is 13.1. The molecule has 0 fully saturated rings. The maximum absolute atomic E-state index is 13.6. The number of halogens is 2. The first-order valence-electron chi connectivity index (χ1n) is 6.02. The smallest absolute Gasteiger partial charge is 0.215 e. The molecule has 2 aromatic heterocycles. The van der Waals surface area contributed by atoms with Gasteiger partial charge < -0.3 is 5.32 Å². The lowest BCUT2D eigenvalue weighted by molar-refractivity contribution is 0.489. The Balaban J connectivity index is 0.00000180.